The third-order valence-corrected chi connectivity index (χ3v) is 2.81. The summed E-state index contributed by atoms with van der Waals surface area (Å²) in [5.74, 6) is 0. The van der Waals surface area contributed by atoms with Crippen molar-refractivity contribution in [1.82, 2.24) is 0 Å². The van der Waals surface area contributed by atoms with Crippen LogP contribution >= 0.6 is 15.9 Å². The van der Waals surface area contributed by atoms with E-state index in [1.807, 2.05) is 31.2 Å². The Hall–Kier alpha value is -0.590. The molecule has 1 rings (SSSR count). The molecule has 0 fully saturated rings. The normalized spacial score (nSPS) is 11.5. The van der Waals surface area contributed by atoms with E-state index in [0.29, 0.717) is 0 Å². The van der Waals surface area contributed by atoms with Gasteiger partial charge in [0.2, 0.25) is 0 Å². The first kappa shape index (κ1) is 9.50. The fourth-order valence-electron chi connectivity index (χ4n) is 0.756. The molecule has 0 bridgehead atoms. The lowest BCUT2D eigenvalue weighted by Crippen LogP contribution is -1.85. The second kappa shape index (κ2) is 4.44. The van der Waals surface area contributed by atoms with Gasteiger partial charge in [0.05, 0.1) is 4.90 Å². The molecule has 1 unspecified atom stereocenters. The molecule has 0 saturated carbocycles. The van der Waals surface area contributed by atoms with Crippen LogP contribution in [0, 0.1) is 17.0 Å². The summed E-state index contributed by atoms with van der Waals surface area (Å²) in [6, 6.07) is 7.48. The largest absolute Gasteiger partial charge is 0.240 e. The van der Waals surface area contributed by atoms with Crippen LogP contribution in [0.1, 0.15) is 5.56 Å². The Bertz CT molecular complexity index is 345. The number of rotatable bonds is 1. The van der Waals surface area contributed by atoms with Gasteiger partial charge < -0.3 is 0 Å². The van der Waals surface area contributed by atoms with Crippen LogP contribution in [0.25, 0.3) is 0 Å². The van der Waals surface area contributed by atoms with E-state index in [1.165, 1.54) is 0 Å². The summed E-state index contributed by atoms with van der Waals surface area (Å²) in [4.78, 5) is 3.19. The second-order valence-electron chi connectivity index (χ2n) is 2.28. The van der Waals surface area contributed by atoms with Crippen molar-refractivity contribution >= 4 is 26.7 Å². The van der Waals surface area contributed by atoms with Crippen LogP contribution in [0.4, 0.5) is 0 Å². The molecule has 0 aliphatic heterocycles. The van der Waals surface area contributed by atoms with Gasteiger partial charge in [-0.05, 0) is 23.9 Å². The summed E-state index contributed by atoms with van der Waals surface area (Å²) >= 11 is 2.91. The van der Waals surface area contributed by atoms with Crippen LogP contribution < -0.4 is 0 Å². The third-order valence-electron chi connectivity index (χ3n) is 1.37. The van der Waals surface area contributed by atoms with E-state index in [0.717, 1.165) is 10.5 Å². The van der Waals surface area contributed by atoms with E-state index < -0.39 is 10.8 Å². The molecule has 1 aromatic rings. The van der Waals surface area contributed by atoms with Crippen LogP contribution in [0.3, 0.4) is 0 Å². The van der Waals surface area contributed by atoms with Gasteiger partial charge in [-0.2, -0.15) is 0 Å². The standard InChI is InChI=1S/C9H7BrOS/c1-8-2-4-9(5-3-8)12(11)7-6-10/h2-5H,1H3. The van der Waals surface area contributed by atoms with Crippen LogP contribution in [0.2, 0.25) is 0 Å². The van der Waals surface area contributed by atoms with Crippen molar-refractivity contribution in [3.63, 3.8) is 0 Å². The van der Waals surface area contributed by atoms with Gasteiger partial charge >= 0.3 is 0 Å². The van der Waals surface area contributed by atoms with Crippen LogP contribution in [-0.2, 0) is 10.8 Å². The molecule has 0 amide bonds. The molecule has 1 nitrogen and oxygen atoms in total. The molecule has 62 valence electrons. The van der Waals surface area contributed by atoms with Gasteiger partial charge in [-0.15, -0.1) is 0 Å². The predicted octanol–water partition coefficient (Wildman–Crippen LogP) is 2.42. The zero-order valence-electron chi connectivity index (χ0n) is 6.50. The van der Waals surface area contributed by atoms with E-state index >= 15 is 0 Å². The number of aryl methyl sites for hydroxylation is 1. The highest BCUT2D eigenvalue weighted by atomic mass is 79.9. The Kier molecular flexibility index (Phi) is 3.51. The molecule has 0 heterocycles. The number of halogens is 1. The smallest absolute Gasteiger partial charge is 0.131 e. The predicted molar refractivity (Wildman–Crippen MR) is 54.3 cm³/mol. The van der Waals surface area contributed by atoms with Crippen molar-refractivity contribution in [2.75, 3.05) is 0 Å². The average molecular weight is 243 g/mol. The lowest BCUT2D eigenvalue weighted by atomic mass is 10.2. The van der Waals surface area contributed by atoms with Gasteiger partial charge in [-0.3, -0.25) is 0 Å². The Balaban J connectivity index is 2.95. The summed E-state index contributed by atoms with van der Waals surface area (Å²) in [6.45, 7) is 1.99. The average Bonchev–Trinajstić information content (AvgIpc) is 2.06. The van der Waals surface area contributed by atoms with Crippen LogP contribution in [-0.4, -0.2) is 4.21 Å². The lowest BCUT2D eigenvalue weighted by molar-refractivity contribution is 0.689. The van der Waals surface area contributed by atoms with Crippen molar-refractivity contribution in [2.45, 2.75) is 11.8 Å². The first-order valence-corrected chi connectivity index (χ1v) is 5.28. The highest BCUT2D eigenvalue weighted by Gasteiger charge is 1.97. The highest BCUT2D eigenvalue weighted by Crippen LogP contribution is 2.07. The summed E-state index contributed by atoms with van der Waals surface area (Å²) in [5, 5.41) is 2.52. The first-order valence-electron chi connectivity index (χ1n) is 3.34. The molecule has 0 radical (unpaired) electrons. The summed E-state index contributed by atoms with van der Waals surface area (Å²) < 4.78 is 11.3. The SMILES string of the molecule is Cc1ccc(S(=O)C#CBr)cc1. The molecule has 1 atom stereocenters. The minimum atomic E-state index is -1.20. The van der Waals surface area contributed by atoms with Crippen molar-refractivity contribution in [3.05, 3.63) is 29.8 Å². The molecule has 0 N–H and O–H groups in total. The van der Waals surface area contributed by atoms with Crippen molar-refractivity contribution < 1.29 is 4.21 Å². The third kappa shape index (κ3) is 2.47. The number of hydrogen-bond donors (Lipinski definition) is 0. The van der Waals surface area contributed by atoms with Crippen LogP contribution in [0.15, 0.2) is 29.2 Å². The number of benzene rings is 1. The maximum atomic E-state index is 11.3. The fourth-order valence-corrected chi connectivity index (χ4v) is 1.77. The van der Waals surface area contributed by atoms with Crippen molar-refractivity contribution in [3.8, 4) is 10.1 Å². The topological polar surface area (TPSA) is 17.1 Å². The van der Waals surface area contributed by atoms with Gasteiger partial charge in [-0.1, -0.05) is 17.7 Å². The highest BCUT2D eigenvalue weighted by molar-refractivity contribution is 9.12. The van der Waals surface area contributed by atoms with E-state index in [4.69, 9.17) is 0 Å². The minimum absolute atomic E-state index is 0.743. The monoisotopic (exact) mass is 242 g/mol. The first-order chi connectivity index (χ1) is 5.74. The molecular weight excluding hydrogens is 236 g/mol. The molecule has 12 heavy (non-hydrogen) atoms. The molecule has 0 aliphatic carbocycles. The second-order valence-corrected chi connectivity index (χ2v) is 3.89. The molecule has 3 heteroatoms. The maximum absolute atomic E-state index is 11.3. The Morgan fingerprint density at radius 3 is 2.42 bits per heavy atom. The molecule has 0 aromatic heterocycles. The van der Waals surface area contributed by atoms with E-state index in [9.17, 15) is 4.21 Å². The quantitative estimate of drug-likeness (QED) is 0.692. The van der Waals surface area contributed by atoms with Gasteiger partial charge in [0.1, 0.15) is 10.8 Å². The molecule has 0 spiro atoms. The van der Waals surface area contributed by atoms with E-state index in [1.54, 1.807) is 0 Å². The molecule has 0 aliphatic rings. The zero-order chi connectivity index (χ0) is 8.97. The van der Waals surface area contributed by atoms with Crippen molar-refractivity contribution in [2.24, 2.45) is 0 Å². The van der Waals surface area contributed by atoms with E-state index in [2.05, 4.69) is 26.0 Å². The van der Waals surface area contributed by atoms with Gasteiger partial charge in [0.25, 0.3) is 0 Å². The molecule has 0 saturated heterocycles. The Morgan fingerprint density at radius 2 is 1.92 bits per heavy atom. The molecule has 1 aromatic carbocycles. The fraction of sp³-hybridized carbons (Fsp3) is 0.111. The van der Waals surface area contributed by atoms with E-state index in [-0.39, 0.29) is 0 Å². The maximum Gasteiger partial charge on any atom is 0.131 e. The summed E-state index contributed by atoms with van der Waals surface area (Å²) in [6.07, 6.45) is 0. The Morgan fingerprint density at radius 1 is 1.33 bits per heavy atom. The van der Waals surface area contributed by atoms with Gasteiger partial charge in [0.15, 0.2) is 0 Å². The lowest BCUT2D eigenvalue weighted by Gasteiger charge is -1.94. The van der Waals surface area contributed by atoms with Gasteiger partial charge in [0, 0.05) is 21.2 Å². The van der Waals surface area contributed by atoms with Gasteiger partial charge in [-0.25, -0.2) is 4.21 Å². The Labute approximate surface area is 82.8 Å². The number of hydrogen-bond acceptors (Lipinski definition) is 1. The van der Waals surface area contributed by atoms with Crippen molar-refractivity contribution in [1.29, 1.82) is 0 Å². The minimum Gasteiger partial charge on any atom is -0.240 e. The summed E-state index contributed by atoms with van der Waals surface area (Å²) in [7, 11) is -1.20. The van der Waals surface area contributed by atoms with Crippen LogP contribution in [0.5, 0.6) is 0 Å². The zero-order valence-corrected chi connectivity index (χ0v) is 8.91. The summed E-state index contributed by atoms with van der Waals surface area (Å²) in [5.41, 5.74) is 1.16. The molecular formula is C9H7BrOS.